The van der Waals surface area contributed by atoms with Gasteiger partial charge in [-0.1, -0.05) is 6.42 Å². The summed E-state index contributed by atoms with van der Waals surface area (Å²) in [5, 5.41) is 0. The number of piperidine rings is 1. The number of aldehydes is 1. The van der Waals surface area contributed by atoms with Crippen molar-refractivity contribution in [2.75, 3.05) is 19.7 Å². The van der Waals surface area contributed by atoms with E-state index in [1.165, 1.54) is 19.3 Å². The molecule has 1 heterocycles. The predicted molar refractivity (Wildman–Crippen MR) is 79.4 cm³/mol. The Bertz CT molecular complexity index is 403. The number of halogens is 1. The summed E-state index contributed by atoms with van der Waals surface area (Å²) in [7, 11) is 0. The molecule has 2 rings (SSSR count). The number of hydrogen-bond acceptors (Lipinski definition) is 3. The van der Waals surface area contributed by atoms with Crippen LogP contribution in [0.4, 0.5) is 0 Å². The van der Waals surface area contributed by atoms with E-state index in [0.29, 0.717) is 6.61 Å². The molecule has 0 bridgehead atoms. The van der Waals surface area contributed by atoms with Crippen molar-refractivity contribution in [3.05, 3.63) is 29.3 Å². The van der Waals surface area contributed by atoms with E-state index in [9.17, 15) is 4.79 Å². The fourth-order valence-electron chi connectivity index (χ4n) is 2.45. The van der Waals surface area contributed by atoms with Crippen molar-refractivity contribution in [1.82, 2.24) is 4.90 Å². The number of likely N-dealkylation sites (tertiary alicyclic amines) is 1. The SMILES string of the molecule is CCOc1ccc(C=O)cc1CN1CCCCC1.Cl. The molecule has 0 aliphatic carbocycles. The summed E-state index contributed by atoms with van der Waals surface area (Å²) in [4.78, 5) is 13.3. The minimum atomic E-state index is 0. The van der Waals surface area contributed by atoms with Crippen LogP contribution in [0.3, 0.4) is 0 Å². The van der Waals surface area contributed by atoms with Gasteiger partial charge >= 0.3 is 0 Å². The molecule has 0 radical (unpaired) electrons. The van der Waals surface area contributed by atoms with Gasteiger partial charge in [-0.15, -0.1) is 12.4 Å². The molecule has 1 aliphatic rings. The highest BCUT2D eigenvalue weighted by molar-refractivity contribution is 5.85. The second-order valence-corrected chi connectivity index (χ2v) is 4.75. The minimum absolute atomic E-state index is 0. The summed E-state index contributed by atoms with van der Waals surface area (Å²) in [6, 6.07) is 5.68. The zero-order valence-electron chi connectivity index (χ0n) is 11.4. The topological polar surface area (TPSA) is 29.5 Å². The number of ether oxygens (including phenoxy) is 1. The second-order valence-electron chi connectivity index (χ2n) is 4.75. The van der Waals surface area contributed by atoms with Crippen LogP contribution in [0, 0.1) is 0 Å². The Labute approximate surface area is 121 Å². The quantitative estimate of drug-likeness (QED) is 0.777. The van der Waals surface area contributed by atoms with Crippen LogP contribution < -0.4 is 4.74 Å². The van der Waals surface area contributed by atoms with Gasteiger partial charge < -0.3 is 4.74 Å². The summed E-state index contributed by atoms with van der Waals surface area (Å²) in [5.41, 5.74) is 1.86. The first-order valence-electron chi connectivity index (χ1n) is 6.76. The number of nitrogens with zero attached hydrogens (tertiary/aromatic N) is 1. The maximum absolute atomic E-state index is 10.9. The van der Waals surface area contributed by atoms with Gasteiger partial charge in [0, 0.05) is 17.7 Å². The van der Waals surface area contributed by atoms with E-state index < -0.39 is 0 Å². The molecular formula is C15H22ClNO2. The highest BCUT2D eigenvalue weighted by atomic mass is 35.5. The molecule has 0 spiro atoms. The number of carbonyl (C=O) groups excluding carboxylic acids is 1. The van der Waals surface area contributed by atoms with Crippen LogP contribution in [0.5, 0.6) is 5.75 Å². The Hall–Kier alpha value is -1.06. The van der Waals surface area contributed by atoms with E-state index >= 15 is 0 Å². The normalized spacial score (nSPS) is 15.6. The van der Waals surface area contributed by atoms with Gasteiger partial charge in [-0.25, -0.2) is 0 Å². The molecule has 4 heteroatoms. The Morgan fingerprint density at radius 3 is 2.63 bits per heavy atom. The molecule has 1 fully saturated rings. The molecule has 0 amide bonds. The third-order valence-corrected chi connectivity index (χ3v) is 3.36. The molecular weight excluding hydrogens is 262 g/mol. The molecule has 0 unspecified atom stereocenters. The lowest BCUT2D eigenvalue weighted by Gasteiger charge is -2.27. The third-order valence-electron chi connectivity index (χ3n) is 3.36. The molecule has 1 aromatic rings. The highest BCUT2D eigenvalue weighted by Gasteiger charge is 2.13. The first-order chi connectivity index (χ1) is 8.83. The standard InChI is InChI=1S/C15H21NO2.ClH/c1-2-18-15-7-6-13(12-17)10-14(15)11-16-8-4-3-5-9-16;/h6-7,10,12H,2-5,8-9,11H2,1H3;1H. The van der Waals surface area contributed by atoms with Crippen molar-refractivity contribution in [2.24, 2.45) is 0 Å². The van der Waals surface area contributed by atoms with E-state index in [1.54, 1.807) is 0 Å². The van der Waals surface area contributed by atoms with Gasteiger partial charge in [0.25, 0.3) is 0 Å². The third kappa shape index (κ3) is 4.51. The van der Waals surface area contributed by atoms with E-state index in [1.807, 2.05) is 25.1 Å². The summed E-state index contributed by atoms with van der Waals surface area (Å²) in [5.74, 6) is 0.911. The van der Waals surface area contributed by atoms with Gasteiger partial charge in [0.1, 0.15) is 12.0 Å². The smallest absolute Gasteiger partial charge is 0.150 e. The lowest BCUT2D eigenvalue weighted by molar-refractivity contribution is 0.112. The van der Waals surface area contributed by atoms with Crippen molar-refractivity contribution < 1.29 is 9.53 Å². The molecule has 1 aromatic carbocycles. The summed E-state index contributed by atoms with van der Waals surface area (Å²) >= 11 is 0. The van der Waals surface area contributed by atoms with Gasteiger partial charge in [-0.2, -0.15) is 0 Å². The lowest BCUT2D eigenvalue weighted by Crippen LogP contribution is -2.29. The molecule has 0 atom stereocenters. The van der Waals surface area contributed by atoms with E-state index in [0.717, 1.165) is 42.8 Å². The van der Waals surface area contributed by atoms with E-state index in [-0.39, 0.29) is 12.4 Å². The summed E-state index contributed by atoms with van der Waals surface area (Å²) in [6.07, 6.45) is 4.79. The number of rotatable bonds is 5. The number of carbonyl (C=O) groups is 1. The molecule has 106 valence electrons. The lowest BCUT2D eigenvalue weighted by atomic mass is 10.1. The van der Waals surface area contributed by atoms with Gasteiger partial charge in [-0.05, 0) is 51.1 Å². The average Bonchev–Trinajstić information content (AvgIpc) is 2.42. The monoisotopic (exact) mass is 283 g/mol. The Balaban J connectivity index is 0.00000180. The van der Waals surface area contributed by atoms with Crippen LogP contribution in [0.15, 0.2) is 18.2 Å². The molecule has 1 saturated heterocycles. The van der Waals surface area contributed by atoms with E-state index in [2.05, 4.69) is 4.90 Å². The maximum Gasteiger partial charge on any atom is 0.150 e. The first-order valence-corrected chi connectivity index (χ1v) is 6.76. The van der Waals surface area contributed by atoms with Crippen molar-refractivity contribution in [3.63, 3.8) is 0 Å². The van der Waals surface area contributed by atoms with Gasteiger partial charge in [0.05, 0.1) is 6.61 Å². The van der Waals surface area contributed by atoms with Crippen LogP contribution in [0.2, 0.25) is 0 Å². The Kier molecular flexibility index (Phi) is 6.89. The van der Waals surface area contributed by atoms with Crippen LogP contribution in [0.25, 0.3) is 0 Å². The summed E-state index contributed by atoms with van der Waals surface area (Å²) < 4.78 is 5.64. The van der Waals surface area contributed by atoms with Gasteiger partial charge in [0.15, 0.2) is 0 Å². The molecule has 3 nitrogen and oxygen atoms in total. The number of hydrogen-bond donors (Lipinski definition) is 0. The molecule has 1 aliphatic heterocycles. The highest BCUT2D eigenvalue weighted by Crippen LogP contribution is 2.23. The van der Waals surface area contributed by atoms with Crippen molar-refractivity contribution in [1.29, 1.82) is 0 Å². The fraction of sp³-hybridized carbons (Fsp3) is 0.533. The average molecular weight is 284 g/mol. The van der Waals surface area contributed by atoms with Crippen LogP contribution >= 0.6 is 12.4 Å². The fourth-order valence-corrected chi connectivity index (χ4v) is 2.45. The van der Waals surface area contributed by atoms with Gasteiger partial charge in [-0.3, -0.25) is 9.69 Å². The second kappa shape index (κ2) is 8.18. The molecule has 0 aromatic heterocycles. The van der Waals surface area contributed by atoms with Crippen molar-refractivity contribution in [3.8, 4) is 5.75 Å². The first kappa shape index (κ1) is 16.0. The van der Waals surface area contributed by atoms with E-state index in [4.69, 9.17) is 4.74 Å². The van der Waals surface area contributed by atoms with Crippen LogP contribution in [0.1, 0.15) is 42.1 Å². The minimum Gasteiger partial charge on any atom is -0.494 e. The molecule has 0 saturated carbocycles. The van der Waals surface area contributed by atoms with Crippen molar-refractivity contribution >= 4 is 18.7 Å². The molecule has 0 N–H and O–H groups in total. The van der Waals surface area contributed by atoms with Crippen LogP contribution in [-0.4, -0.2) is 30.9 Å². The Morgan fingerprint density at radius 1 is 1.26 bits per heavy atom. The van der Waals surface area contributed by atoms with Crippen LogP contribution in [-0.2, 0) is 6.54 Å². The number of benzene rings is 1. The summed E-state index contributed by atoms with van der Waals surface area (Å²) in [6.45, 7) is 5.83. The largest absolute Gasteiger partial charge is 0.494 e. The zero-order chi connectivity index (χ0) is 12.8. The predicted octanol–water partition coefficient (Wildman–Crippen LogP) is 3.31. The molecule has 19 heavy (non-hydrogen) atoms. The Morgan fingerprint density at radius 2 is 2.00 bits per heavy atom. The van der Waals surface area contributed by atoms with Crippen molar-refractivity contribution in [2.45, 2.75) is 32.7 Å². The maximum atomic E-state index is 10.9. The van der Waals surface area contributed by atoms with Gasteiger partial charge in [0.2, 0.25) is 0 Å². The zero-order valence-corrected chi connectivity index (χ0v) is 12.2.